The number of hydrogen-bond acceptors (Lipinski definition) is 5. The zero-order valence-electron chi connectivity index (χ0n) is 14.6. The molecule has 0 saturated carbocycles. The summed E-state index contributed by atoms with van der Waals surface area (Å²) in [7, 11) is 0. The van der Waals surface area contributed by atoms with Crippen LogP contribution in [0.3, 0.4) is 0 Å². The molecule has 3 N–H and O–H groups in total. The number of aromatic nitrogens is 3. The van der Waals surface area contributed by atoms with Gasteiger partial charge in [0.15, 0.2) is 0 Å². The quantitative estimate of drug-likeness (QED) is 0.593. The van der Waals surface area contributed by atoms with E-state index in [1.165, 1.54) is 22.0 Å². The Morgan fingerprint density at radius 2 is 1.92 bits per heavy atom. The number of rotatable bonds is 7. The monoisotopic (exact) mass is 347 g/mol. The number of carbonyl (C=O) groups excluding carboxylic acids is 1. The fourth-order valence-corrected chi connectivity index (χ4v) is 3.07. The molecular weight excluding hydrogens is 322 g/mol. The number of amides is 1. The number of aryl methyl sites for hydroxylation is 1. The van der Waals surface area contributed by atoms with Crippen molar-refractivity contribution < 1.29 is 4.79 Å². The molecule has 1 heterocycles. The fraction of sp³-hybridized carbons (Fsp3) is 0.471. The normalized spacial score (nSPS) is 12.4. The summed E-state index contributed by atoms with van der Waals surface area (Å²) in [4.78, 5) is 12.1. The third-order valence-electron chi connectivity index (χ3n) is 3.67. The molecule has 0 aliphatic rings. The zero-order valence-corrected chi connectivity index (χ0v) is 15.4. The molecule has 0 bridgehead atoms. The van der Waals surface area contributed by atoms with Crippen LogP contribution in [0.15, 0.2) is 29.4 Å². The maximum absolute atomic E-state index is 12.1. The zero-order chi connectivity index (χ0) is 17.7. The SMILES string of the molecule is Cc1nnc(SCC(=O)NC(C)c2ccc(CC(C)C)cc2)n1N. The molecule has 6 nitrogen and oxygen atoms in total. The van der Waals surface area contributed by atoms with Crippen LogP contribution in [-0.2, 0) is 11.2 Å². The van der Waals surface area contributed by atoms with E-state index in [1.807, 2.05) is 6.92 Å². The number of nitrogens with two attached hydrogens (primary N) is 1. The van der Waals surface area contributed by atoms with Crippen molar-refractivity contribution in [2.24, 2.45) is 5.92 Å². The van der Waals surface area contributed by atoms with Crippen LogP contribution in [0.1, 0.15) is 43.8 Å². The predicted octanol–water partition coefficient (Wildman–Crippen LogP) is 2.47. The first kappa shape index (κ1) is 18.3. The largest absolute Gasteiger partial charge is 0.349 e. The van der Waals surface area contributed by atoms with Crippen molar-refractivity contribution in [1.29, 1.82) is 0 Å². The summed E-state index contributed by atoms with van der Waals surface area (Å²) < 4.78 is 1.38. The number of benzene rings is 1. The van der Waals surface area contributed by atoms with Gasteiger partial charge in [-0.2, -0.15) is 0 Å². The summed E-state index contributed by atoms with van der Waals surface area (Å²) in [5, 5.41) is 11.3. The van der Waals surface area contributed by atoms with E-state index in [9.17, 15) is 4.79 Å². The van der Waals surface area contributed by atoms with Crippen molar-refractivity contribution in [2.75, 3.05) is 11.6 Å². The second-order valence-corrected chi connectivity index (χ2v) is 7.26. The van der Waals surface area contributed by atoms with Gasteiger partial charge in [-0.05, 0) is 37.3 Å². The van der Waals surface area contributed by atoms with Gasteiger partial charge in [-0.1, -0.05) is 49.9 Å². The van der Waals surface area contributed by atoms with Crippen molar-refractivity contribution in [3.8, 4) is 0 Å². The van der Waals surface area contributed by atoms with Gasteiger partial charge in [-0.15, -0.1) is 10.2 Å². The molecule has 0 radical (unpaired) electrons. The third-order valence-corrected chi connectivity index (χ3v) is 4.61. The lowest BCUT2D eigenvalue weighted by atomic mass is 10.00. The number of hydrogen-bond donors (Lipinski definition) is 2. The van der Waals surface area contributed by atoms with Crippen molar-refractivity contribution >= 4 is 17.7 Å². The molecule has 1 aromatic carbocycles. The Hall–Kier alpha value is -2.02. The van der Waals surface area contributed by atoms with Crippen LogP contribution in [0.2, 0.25) is 0 Å². The average Bonchev–Trinajstić information content (AvgIpc) is 2.84. The van der Waals surface area contributed by atoms with E-state index in [0.717, 1.165) is 12.0 Å². The van der Waals surface area contributed by atoms with Crippen LogP contribution < -0.4 is 11.2 Å². The number of nitrogens with one attached hydrogen (secondary N) is 1. The topological polar surface area (TPSA) is 85.8 Å². The van der Waals surface area contributed by atoms with Gasteiger partial charge < -0.3 is 11.2 Å². The maximum Gasteiger partial charge on any atom is 0.230 e. The molecule has 0 fully saturated rings. The van der Waals surface area contributed by atoms with E-state index in [1.54, 1.807) is 6.92 Å². The van der Waals surface area contributed by atoms with Crippen molar-refractivity contribution in [3.05, 3.63) is 41.2 Å². The Morgan fingerprint density at radius 1 is 1.25 bits per heavy atom. The van der Waals surface area contributed by atoms with E-state index in [-0.39, 0.29) is 17.7 Å². The Morgan fingerprint density at radius 3 is 2.46 bits per heavy atom. The molecular formula is C17H25N5OS. The summed E-state index contributed by atoms with van der Waals surface area (Å²) >= 11 is 1.27. The van der Waals surface area contributed by atoms with E-state index in [2.05, 4.69) is 53.6 Å². The lowest BCUT2D eigenvalue weighted by molar-refractivity contribution is -0.119. The Bertz CT molecular complexity index is 681. The Balaban J connectivity index is 1.85. The van der Waals surface area contributed by atoms with Crippen LogP contribution in [0.4, 0.5) is 0 Å². The highest BCUT2D eigenvalue weighted by Crippen LogP contribution is 2.17. The van der Waals surface area contributed by atoms with Gasteiger partial charge in [0.2, 0.25) is 11.1 Å². The van der Waals surface area contributed by atoms with Gasteiger partial charge in [-0.3, -0.25) is 4.79 Å². The van der Waals surface area contributed by atoms with Crippen molar-refractivity contribution in [3.63, 3.8) is 0 Å². The van der Waals surface area contributed by atoms with Gasteiger partial charge >= 0.3 is 0 Å². The second-order valence-electron chi connectivity index (χ2n) is 6.32. The molecule has 24 heavy (non-hydrogen) atoms. The molecule has 1 unspecified atom stereocenters. The van der Waals surface area contributed by atoms with Crippen molar-refractivity contribution in [1.82, 2.24) is 20.2 Å². The highest BCUT2D eigenvalue weighted by Gasteiger charge is 2.13. The molecule has 0 aliphatic carbocycles. The average molecular weight is 347 g/mol. The third kappa shape index (κ3) is 4.99. The first-order valence-electron chi connectivity index (χ1n) is 8.05. The predicted molar refractivity (Wildman–Crippen MR) is 97.2 cm³/mol. The van der Waals surface area contributed by atoms with Crippen LogP contribution >= 0.6 is 11.8 Å². The van der Waals surface area contributed by atoms with Gasteiger partial charge in [0.1, 0.15) is 5.82 Å². The highest BCUT2D eigenvalue weighted by molar-refractivity contribution is 7.99. The van der Waals surface area contributed by atoms with Crippen LogP contribution in [0, 0.1) is 12.8 Å². The van der Waals surface area contributed by atoms with E-state index in [4.69, 9.17) is 5.84 Å². The number of carbonyl (C=O) groups is 1. The summed E-state index contributed by atoms with van der Waals surface area (Å²) in [6.45, 7) is 8.16. The van der Waals surface area contributed by atoms with Crippen LogP contribution in [-0.4, -0.2) is 26.5 Å². The van der Waals surface area contributed by atoms with E-state index in [0.29, 0.717) is 16.9 Å². The molecule has 0 saturated heterocycles. The molecule has 2 rings (SSSR count). The minimum atomic E-state index is -0.0561. The lowest BCUT2D eigenvalue weighted by Gasteiger charge is -2.15. The summed E-state index contributed by atoms with van der Waals surface area (Å²) in [6, 6.07) is 8.38. The lowest BCUT2D eigenvalue weighted by Crippen LogP contribution is -2.28. The van der Waals surface area contributed by atoms with Crippen LogP contribution in [0.5, 0.6) is 0 Å². The second kappa shape index (κ2) is 8.19. The molecule has 2 aromatic rings. The van der Waals surface area contributed by atoms with Gasteiger partial charge in [0.25, 0.3) is 0 Å². The van der Waals surface area contributed by atoms with Gasteiger partial charge in [-0.25, -0.2) is 4.68 Å². The van der Waals surface area contributed by atoms with E-state index < -0.39 is 0 Å². The minimum absolute atomic E-state index is 0.0383. The molecule has 130 valence electrons. The molecule has 1 atom stereocenters. The standard InChI is InChI=1S/C17H25N5OS/c1-11(2)9-14-5-7-15(8-6-14)12(3)19-16(23)10-24-17-21-20-13(4)22(17)18/h5-8,11-12H,9-10,18H2,1-4H3,(H,19,23). The molecule has 0 aliphatic heterocycles. The van der Waals surface area contributed by atoms with Crippen LogP contribution in [0.25, 0.3) is 0 Å². The highest BCUT2D eigenvalue weighted by atomic mass is 32.2. The Labute approximate surface area is 147 Å². The maximum atomic E-state index is 12.1. The minimum Gasteiger partial charge on any atom is -0.349 e. The van der Waals surface area contributed by atoms with E-state index >= 15 is 0 Å². The smallest absolute Gasteiger partial charge is 0.230 e. The summed E-state index contributed by atoms with van der Waals surface area (Å²) in [5.74, 6) is 7.22. The number of thioether (sulfide) groups is 1. The first-order chi connectivity index (χ1) is 11.4. The molecule has 1 aromatic heterocycles. The summed E-state index contributed by atoms with van der Waals surface area (Å²) in [5.41, 5.74) is 2.42. The van der Waals surface area contributed by atoms with Gasteiger partial charge in [0.05, 0.1) is 11.8 Å². The molecule has 1 amide bonds. The fourth-order valence-electron chi connectivity index (χ4n) is 2.36. The molecule has 0 spiro atoms. The number of nitrogens with zero attached hydrogens (tertiary/aromatic N) is 3. The molecule has 7 heteroatoms. The first-order valence-corrected chi connectivity index (χ1v) is 9.03. The summed E-state index contributed by atoms with van der Waals surface area (Å²) in [6.07, 6.45) is 1.07. The van der Waals surface area contributed by atoms with Gasteiger partial charge in [0, 0.05) is 0 Å². The van der Waals surface area contributed by atoms with Crippen molar-refractivity contribution in [2.45, 2.75) is 45.3 Å². The number of nitrogen functional groups attached to an aromatic ring is 1. The Kier molecular flexibility index (Phi) is 6.25.